The second kappa shape index (κ2) is 6.79. The number of benzene rings is 2. The Kier molecular flexibility index (Phi) is 4.10. The summed E-state index contributed by atoms with van der Waals surface area (Å²) in [5.74, 6) is -0.0119. The van der Waals surface area contributed by atoms with Crippen molar-refractivity contribution in [3.8, 4) is 16.5 Å². The Bertz CT molecular complexity index is 1260. The van der Waals surface area contributed by atoms with E-state index in [0.717, 1.165) is 17.8 Å². The zero-order valence-corrected chi connectivity index (χ0v) is 15.9. The first-order chi connectivity index (χ1) is 14.1. The van der Waals surface area contributed by atoms with Crippen LogP contribution in [0.2, 0.25) is 0 Å². The van der Waals surface area contributed by atoms with E-state index in [1.165, 1.54) is 11.6 Å². The maximum absolute atomic E-state index is 12.8. The van der Waals surface area contributed by atoms with Crippen molar-refractivity contribution in [1.82, 2.24) is 10.1 Å². The molecule has 1 aliphatic carbocycles. The molecule has 4 aromatic rings. The molecule has 1 aliphatic rings. The number of fused-ring (bicyclic) bond motifs is 2. The molecule has 2 heterocycles. The summed E-state index contributed by atoms with van der Waals surface area (Å²) in [6, 6.07) is 16.1. The van der Waals surface area contributed by atoms with E-state index < -0.39 is 0 Å². The van der Waals surface area contributed by atoms with Crippen LogP contribution in [0.15, 0.2) is 59.1 Å². The van der Waals surface area contributed by atoms with Gasteiger partial charge in [0, 0.05) is 17.5 Å². The standard InChI is InChI=1S/C22H14N2O4S/c25-15-8-4-7-13-18(15)20(27)21-14(19(13)26)11-16(29-21)22-23-17(24-28-22)10-9-12-5-2-1-3-6-12/h1-8,11,25H,9-10H2. The number of hydrogen-bond donors (Lipinski definition) is 1. The van der Waals surface area contributed by atoms with Crippen LogP contribution in [0.4, 0.5) is 0 Å². The molecule has 0 bridgehead atoms. The van der Waals surface area contributed by atoms with Crippen LogP contribution in [0, 0.1) is 0 Å². The number of thiophene rings is 1. The molecule has 2 aromatic carbocycles. The van der Waals surface area contributed by atoms with E-state index in [0.29, 0.717) is 22.7 Å². The van der Waals surface area contributed by atoms with E-state index in [1.54, 1.807) is 18.2 Å². The van der Waals surface area contributed by atoms with Gasteiger partial charge in [0.15, 0.2) is 11.6 Å². The molecule has 7 heteroatoms. The number of rotatable bonds is 4. The highest BCUT2D eigenvalue weighted by Gasteiger charge is 2.34. The Morgan fingerprint density at radius 3 is 2.59 bits per heavy atom. The molecule has 2 aromatic heterocycles. The molecule has 142 valence electrons. The van der Waals surface area contributed by atoms with Gasteiger partial charge in [-0.2, -0.15) is 4.98 Å². The van der Waals surface area contributed by atoms with Gasteiger partial charge in [-0.05, 0) is 24.1 Å². The molecule has 29 heavy (non-hydrogen) atoms. The predicted octanol–water partition coefficient (Wildman–Crippen LogP) is 4.06. The van der Waals surface area contributed by atoms with Crippen LogP contribution in [-0.4, -0.2) is 26.8 Å². The second-order valence-electron chi connectivity index (χ2n) is 6.71. The minimum atomic E-state index is -0.368. The van der Waals surface area contributed by atoms with E-state index in [1.807, 2.05) is 30.3 Å². The van der Waals surface area contributed by atoms with Gasteiger partial charge in [-0.25, -0.2) is 0 Å². The lowest BCUT2D eigenvalue weighted by Gasteiger charge is -2.14. The molecule has 0 spiro atoms. The molecule has 6 nitrogen and oxygen atoms in total. The third kappa shape index (κ3) is 2.96. The fourth-order valence-corrected chi connectivity index (χ4v) is 4.44. The molecule has 5 rings (SSSR count). The number of ketones is 2. The third-order valence-electron chi connectivity index (χ3n) is 4.86. The quantitative estimate of drug-likeness (QED) is 0.487. The fourth-order valence-electron chi connectivity index (χ4n) is 3.42. The van der Waals surface area contributed by atoms with Crippen molar-refractivity contribution in [2.75, 3.05) is 0 Å². The van der Waals surface area contributed by atoms with Crippen LogP contribution in [-0.2, 0) is 12.8 Å². The maximum Gasteiger partial charge on any atom is 0.268 e. The van der Waals surface area contributed by atoms with Crippen molar-refractivity contribution in [3.05, 3.63) is 87.6 Å². The summed E-state index contributed by atoms with van der Waals surface area (Å²) in [7, 11) is 0. The van der Waals surface area contributed by atoms with E-state index >= 15 is 0 Å². The molecule has 0 saturated carbocycles. The van der Waals surface area contributed by atoms with Crippen molar-refractivity contribution in [1.29, 1.82) is 0 Å². The molecule has 0 fully saturated rings. The molecule has 0 radical (unpaired) electrons. The normalized spacial score (nSPS) is 12.7. The highest BCUT2D eigenvalue weighted by atomic mass is 32.1. The van der Waals surface area contributed by atoms with Crippen LogP contribution in [0.25, 0.3) is 10.8 Å². The number of aromatic hydroxyl groups is 1. The summed E-state index contributed by atoms with van der Waals surface area (Å²) >= 11 is 1.12. The highest BCUT2D eigenvalue weighted by molar-refractivity contribution is 7.18. The van der Waals surface area contributed by atoms with E-state index in [9.17, 15) is 14.7 Å². The molecule has 0 unspecified atom stereocenters. The number of aromatic nitrogens is 2. The number of phenols is 1. The third-order valence-corrected chi connectivity index (χ3v) is 5.98. The topological polar surface area (TPSA) is 93.3 Å². The van der Waals surface area contributed by atoms with Gasteiger partial charge in [-0.15, -0.1) is 11.3 Å². The monoisotopic (exact) mass is 402 g/mol. The Hall–Kier alpha value is -3.58. The van der Waals surface area contributed by atoms with Gasteiger partial charge in [0.05, 0.1) is 15.3 Å². The lowest BCUT2D eigenvalue weighted by molar-refractivity contribution is 0.0980. The first-order valence-corrected chi connectivity index (χ1v) is 9.85. The van der Waals surface area contributed by atoms with Crippen LogP contribution in [0.5, 0.6) is 5.75 Å². The molecular weight excluding hydrogens is 388 g/mol. The summed E-state index contributed by atoms with van der Waals surface area (Å²) in [6.07, 6.45) is 1.40. The molecule has 0 atom stereocenters. The van der Waals surface area contributed by atoms with Crippen molar-refractivity contribution in [2.24, 2.45) is 0 Å². The van der Waals surface area contributed by atoms with E-state index in [4.69, 9.17) is 4.52 Å². The molecule has 0 saturated heterocycles. The minimum absolute atomic E-state index is 0.0486. The summed E-state index contributed by atoms with van der Waals surface area (Å²) < 4.78 is 5.37. The van der Waals surface area contributed by atoms with Crippen molar-refractivity contribution in [2.45, 2.75) is 12.8 Å². The first-order valence-electron chi connectivity index (χ1n) is 9.04. The maximum atomic E-state index is 12.8. The number of nitrogens with zero attached hydrogens (tertiary/aromatic N) is 2. The molecule has 0 aliphatic heterocycles. The largest absolute Gasteiger partial charge is 0.507 e. The zero-order chi connectivity index (χ0) is 20.0. The molecule has 1 N–H and O–H groups in total. The predicted molar refractivity (Wildman–Crippen MR) is 106 cm³/mol. The van der Waals surface area contributed by atoms with Gasteiger partial charge < -0.3 is 9.63 Å². The van der Waals surface area contributed by atoms with Gasteiger partial charge in [0.1, 0.15) is 5.75 Å². The van der Waals surface area contributed by atoms with Crippen molar-refractivity contribution in [3.63, 3.8) is 0 Å². The number of carbonyl (C=O) groups is 2. The van der Waals surface area contributed by atoms with Gasteiger partial charge in [-0.1, -0.05) is 47.6 Å². The highest BCUT2D eigenvalue weighted by Crippen LogP contribution is 2.39. The van der Waals surface area contributed by atoms with Crippen LogP contribution in [0.1, 0.15) is 42.5 Å². The molecule has 0 amide bonds. The fraction of sp³-hybridized carbons (Fsp3) is 0.0909. The number of aryl methyl sites for hydroxylation is 2. The van der Waals surface area contributed by atoms with E-state index in [2.05, 4.69) is 10.1 Å². The van der Waals surface area contributed by atoms with Crippen LogP contribution >= 0.6 is 11.3 Å². The van der Waals surface area contributed by atoms with Crippen LogP contribution in [0.3, 0.4) is 0 Å². The van der Waals surface area contributed by atoms with E-state index in [-0.39, 0.29) is 39.2 Å². The zero-order valence-electron chi connectivity index (χ0n) is 15.1. The van der Waals surface area contributed by atoms with Gasteiger partial charge in [0.2, 0.25) is 5.78 Å². The Morgan fingerprint density at radius 1 is 0.931 bits per heavy atom. The van der Waals surface area contributed by atoms with Crippen molar-refractivity contribution < 1.29 is 19.2 Å². The van der Waals surface area contributed by atoms with Crippen LogP contribution < -0.4 is 0 Å². The number of hydrogen-bond acceptors (Lipinski definition) is 7. The Morgan fingerprint density at radius 2 is 1.76 bits per heavy atom. The van der Waals surface area contributed by atoms with Gasteiger partial charge in [-0.3, -0.25) is 9.59 Å². The smallest absolute Gasteiger partial charge is 0.268 e. The average molecular weight is 402 g/mol. The average Bonchev–Trinajstić information content (AvgIpc) is 3.39. The lowest BCUT2D eigenvalue weighted by atomic mass is 9.88. The summed E-state index contributed by atoms with van der Waals surface area (Å²) in [5.41, 5.74) is 1.74. The summed E-state index contributed by atoms with van der Waals surface area (Å²) in [6.45, 7) is 0. The van der Waals surface area contributed by atoms with Crippen molar-refractivity contribution >= 4 is 22.9 Å². The van der Waals surface area contributed by atoms with Gasteiger partial charge >= 0.3 is 0 Å². The summed E-state index contributed by atoms with van der Waals surface area (Å²) in [4.78, 5) is 30.9. The Labute approximate surface area is 169 Å². The SMILES string of the molecule is O=C1c2cc(-c3nc(CCc4ccccc4)no3)sc2C(=O)c2c(O)cccc21. The minimum Gasteiger partial charge on any atom is -0.507 e. The van der Waals surface area contributed by atoms with Gasteiger partial charge in [0.25, 0.3) is 5.89 Å². The Balaban J connectivity index is 1.44. The first kappa shape index (κ1) is 17.5. The second-order valence-corrected chi connectivity index (χ2v) is 7.76. The molecular formula is C22H14N2O4S. The lowest BCUT2D eigenvalue weighted by Crippen LogP contribution is -2.18. The number of carbonyl (C=O) groups excluding carboxylic acids is 2. The summed E-state index contributed by atoms with van der Waals surface area (Å²) in [5, 5.41) is 14.1. The number of phenolic OH excluding ortho intramolecular Hbond substituents is 1.